The molecule has 0 bridgehead atoms. The number of pyridine rings is 1. The highest BCUT2D eigenvalue weighted by molar-refractivity contribution is 14.1. The van der Waals surface area contributed by atoms with Crippen LogP contribution in [-0.4, -0.2) is 11.3 Å². The molecule has 0 spiro atoms. The molecule has 0 aliphatic carbocycles. The van der Waals surface area contributed by atoms with E-state index < -0.39 is 12.2 Å². The predicted octanol–water partition coefficient (Wildman–Crippen LogP) is 2.81. The zero-order valence-electron chi connectivity index (χ0n) is 7.11. The summed E-state index contributed by atoms with van der Waals surface area (Å²) in [6.07, 6.45) is -4.76. The number of nitrogens with two attached hydrogens (primary N) is 1. The second kappa shape index (κ2) is 4.83. The Labute approximate surface area is 105 Å². The number of rotatable bonds is 2. The van der Waals surface area contributed by atoms with Gasteiger partial charge < -0.3 is 10.5 Å². The molecule has 8 heteroatoms. The van der Waals surface area contributed by atoms with E-state index in [2.05, 4.69) is 25.7 Å². The van der Waals surface area contributed by atoms with Gasteiger partial charge in [-0.2, -0.15) is 0 Å². The summed E-state index contributed by atoms with van der Waals surface area (Å²) >= 11 is 4.86. The minimum absolute atomic E-state index is 0.0553. The van der Waals surface area contributed by atoms with Gasteiger partial charge in [-0.05, 0) is 44.6 Å². The zero-order valence-corrected chi connectivity index (χ0v) is 10.9. The summed E-state index contributed by atoms with van der Waals surface area (Å²) < 4.78 is 40.4. The van der Waals surface area contributed by atoms with E-state index in [-0.39, 0.29) is 11.0 Å². The van der Waals surface area contributed by atoms with Gasteiger partial charge in [0.05, 0.1) is 10.2 Å². The number of nitrogens with zero attached hydrogens (tertiary/aromatic N) is 1. The molecule has 1 aromatic rings. The quantitative estimate of drug-likeness (QED) is 0.782. The Morgan fingerprint density at radius 1 is 1.53 bits per heavy atom. The molecule has 0 aliphatic heterocycles. The maximum Gasteiger partial charge on any atom is 0.574 e. The molecular weight excluding hydrogens is 392 g/mol. The van der Waals surface area contributed by atoms with E-state index in [1.165, 1.54) is 6.07 Å². The predicted molar refractivity (Wildman–Crippen MR) is 59.2 cm³/mol. The van der Waals surface area contributed by atoms with Crippen molar-refractivity contribution in [2.24, 2.45) is 5.73 Å². The summed E-state index contributed by atoms with van der Waals surface area (Å²) in [6, 6.07) is 1.47. The van der Waals surface area contributed by atoms with E-state index in [1.807, 2.05) is 22.6 Å². The number of hydrogen-bond acceptors (Lipinski definition) is 3. The Hall–Kier alpha value is -0.0900. The van der Waals surface area contributed by atoms with Crippen molar-refractivity contribution < 1.29 is 17.9 Å². The first-order chi connectivity index (χ1) is 6.83. The van der Waals surface area contributed by atoms with Gasteiger partial charge in [0.15, 0.2) is 0 Å². The number of halogens is 5. The number of aromatic nitrogens is 1. The summed E-state index contributed by atoms with van der Waals surface area (Å²) in [5, 5.41) is 0. The first-order valence-electron chi connectivity index (χ1n) is 3.64. The van der Waals surface area contributed by atoms with Crippen LogP contribution in [0.3, 0.4) is 0 Å². The zero-order chi connectivity index (χ0) is 11.6. The SMILES string of the molecule is NCc1nc(OC(F)(F)F)c(Br)cc1I. The van der Waals surface area contributed by atoms with Crippen molar-refractivity contribution >= 4 is 38.5 Å². The van der Waals surface area contributed by atoms with Crippen LogP contribution in [0.2, 0.25) is 0 Å². The van der Waals surface area contributed by atoms with Gasteiger partial charge in [0.25, 0.3) is 0 Å². The molecule has 0 unspecified atom stereocenters. The van der Waals surface area contributed by atoms with E-state index in [1.54, 1.807) is 0 Å². The molecule has 1 aromatic heterocycles. The van der Waals surface area contributed by atoms with Crippen molar-refractivity contribution in [1.29, 1.82) is 0 Å². The summed E-state index contributed by atoms with van der Waals surface area (Å²) in [5.41, 5.74) is 5.67. The van der Waals surface area contributed by atoms with Gasteiger partial charge in [0.1, 0.15) is 0 Å². The summed E-state index contributed by atoms with van der Waals surface area (Å²) in [5.74, 6) is -0.525. The summed E-state index contributed by atoms with van der Waals surface area (Å²) in [7, 11) is 0. The Morgan fingerprint density at radius 2 is 2.13 bits per heavy atom. The fourth-order valence-electron chi connectivity index (χ4n) is 0.810. The average Bonchev–Trinajstić information content (AvgIpc) is 2.07. The lowest BCUT2D eigenvalue weighted by molar-refractivity contribution is -0.276. The molecule has 0 fully saturated rings. The standard InChI is InChI=1S/C7H5BrF3IN2O/c8-3-1-4(12)5(2-13)14-6(3)15-7(9,10)11/h1H,2,13H2. The maximum atomic E-state index is 11.9. The molecular formula is C7H5BrF3IN2O. The molecule has 0 saturated heterocycles. The molecule has 1 heterocycles. The molecule has 1 rings (SSSR count). The van der Waals surface area contributed by atoms with Gasteiger partial charge in [-0.25, -0.2) is 4.98 Å². The third kappa shape index (κ3) is 3.76. The van der Waals surface area contributed by atoms with E-state index in [4.69, 9.17) is 5.73 Å². The molecule has 84 valence electrons. The van der Waals surface area contributed by atoms with Gasteiger partial charge in [0.2, 0.25) is 5.88 Å². The van der Waals surface area contributed by atoms with E-state index in [0.717, 1.165) is 0 Å². The molecule has 0 amide bonds. The fourth-order valence-corrected chi connectivity index (χ4v) is 2.29. The third-order valence-electron chi connectivity index (χ3n) is 1.38. The van der Waals surface area contributed by atoms with Crippen molar-refractivity contribution in [2.75, 3.05) is 0 Å². The normalized spacial score (nSPS) is 11.6. The second-order valence-corrected chi connectivity index (χ2v) is 4.47. The number of hydrogen-bond donors (Lipinski definition) is 1. The minimum atomic E-state index is -4.76. The van der Waals surface area contributed by atoms with E-state index in [9.17, 15) is 13.2 Å². The van der Waals surface area contributed by atoms with E-state index in [0.29, 0.717) is 9.26 Å². The topological polar surface area (TPSA) is 48.1 Å². The van der Waals surface area contributed by atoms with Crippen LogP contribution in [0.5, 0.6) is 5.88 Å². The highest BCUT2D eigenvalue weighted by Gasteiger charge is 2.33. The van der Waals surface area contributed by atoms with Gasteiger partial charge in [-0.1, -0.05) is 0 Å². The lowest BCUT2D eigenvalue weighted by Gasteiger charge is -2.11. The molecule has 0 aromatic carbocycles. The molecule has 0 aliphatic rings. The Bertz CT molecular complexity index is 372. The second-order valence-electron chi connectivity index (χ2n) is 2.46. The average molecular weight is 397 g/mol. The maximum absolute atomic E-state index is 11.9. The molecule has 3 nitrogen and oxygen atoms in total. The van der Waals surface area contributed by atoms with Crippen LogP contribution in [-0.2, 0) is 6.54 Å². The Morgan fingerprint density at radius 3 is 2.60 bits per heavy atom. The van der Waals surface area contributed by atoms with Crippen LogP contribution in [0.25, 0.3) is 0 Å². The third-order valence-corrected chi connectivity index (χ3v) is 2.88. The summed E-state index contributed by atoms with van der Waals surface area (Å²) in [6.45, 7) is 0.0553. The van der Waals surface area contributed by atoms with Gasteiger partial charge in [0, 0.05) is 10.1 Å². The van der Waals surface area contributed by atoms with Crippen molar-refractivity contribution in [3.05, 3.63) is 19.8 Å². The minimum Gasteiger partial charge on any atom is -0.387 e. The Balaban J connectivity index is 3.08. The van der Waals surface area contributed by atoms with Crippen LogP contribution in [0.1, 0.15) is 5.69 Å². The molecule has 0 radical (unpaired) electrons. The first kappa shape index (κ1) is 13.0. The smallest absolute Gasteiger partial charge is 0.387 e. The highest BCUT2D eigenvalue weighted by atomic mass is 127. The van der Waals surface area contributed by atoms with Crippen LogP contribution in [0.15, 0.2) is 10.5 Å². The van der Waals surface area contributed by atoms with Crippen molar-refractivity contribution in [3.63, 3.8) is 0 Å². The van der Waals surface area contributed by atoms with Crippen molar-refractivity contribution in [3.8, 4) is 5.88 Å². The molecule has 0 saturated carbocycles. The van der Waals surface area contributed by atoms with E-state index >= 15 is 0 Å². The largest absolute Gasteiger partial charge is 0.574 e. The van der Waals surface area contributed by atoms with Crippen LogP contribution in [0, 0.1) is 3.57 Å². The monoisotopic (exact) mass is 396 g/mol. The molecule has 0 atom stereocenters. The van der Waals surface area contributed by atoms with Crippen molar-refractivity contribution in [1.82, 2.24) is 4.98 Å². The van der Waals surface area contributed by atoms with Crippen molar-refractivity contribution in [2.45, 2.75) is 12.9 Å². The Kier molecular flexibility index (Phi) is 4.18. The summed E-state index contributed by atoms with van der Waals surface area (Å²) in [4.78, 5) is 3.65. The van der Waals surface area contributed by atoms with Crippen LogP contribution >= 0.6 is 38.5 Å². The van der Waals surface area contributed by atoms with Crippen LogP contribution < -0.4 is 10.5 Å². The number of alkyl halides is 3. The van der Waals surface area contributed by atoms with Crippen LogP contribution in [0.4, 0.5) is 13.2 Å². The lowest BCUT2D eigenvalue weighted by atomic mass is 10.3. The molecule has 15 heavy (non-hydrogen) atoms. The van der Waals surface area contributed by atoms with Gasteiger partial charge >= 0.3 is 6.36 Å². The first-order valence-corrected chi connectivity index (χ1v) is 5.51. The van der Waals surface area contributed by atoms with Gasteiger partial charge in [-0.15, -0.1) is 13.2 Å². The molecule has 2 N–H and O–H groups in total. The number of ether oxygens (including phenoxy) is 1. The highest BCUT2D eigenvalue weighted by Crippen LogP contribution is 2.30. The lowest BCUT2D eigenvalue weighted by Crippen LogP contribution is -2.19. The van der Waals surface area contributed by atoms with Gasteiger partial charge in [-0.3, -0.25) is 0 Å². The fraction of sp³-hybridized carbons (Fsp3) is 0.286.